The summed E-state index contributed by atoms with van der Waals surface area (Å²) in [5.41, 5.74) is 9.32. The molecule has 1 saturated heterocycles. The quantitative estimate of drug-likeness (QED) is 0.561. The van der Waals surface area contributed by atoms with Gasteiger partial charge in [-0.2, -0.15) is 5.10 Å². The third kappa shape index (κ3) is 5.88. The summed E-state index contributed by atoms with van der Waals surface area (Å²) in [6.45, 7) is 0.544. The van der Waals surface area contributed by atoms with Gasteiger partial charge in [-0.25, -0.2) is 0 Å². The number of rotatable bonds is 5. The van der Waals surface area contributed by atoms with E-state index in [0.717, 1.165) is 42.5 Å². The average Bonchev–Trinajstić information content (AvgIpc) is 3.39. The van der Waals surface area contributed by atoms with Gasteiger partial charge in [-0.15, -0.1) is 24.8 Å². The molecule has 1 aliphatic carbocycles. The fourth-order valence-electron chi connectivity index (χ4n) is 4.36. The summed E-state index contributed by atoms with van der Waals surface area (Å²) in [4.78, 5) is 27.6. The Bertz CT molecular complexity index is 954. The average molecular weight is 523 g/mol. The number of hydrogen-bond donors (Lipinski definition) is 3. The number of carbonyl (C=O) groups excluding carboxylic acids is 2. The molecule has 1 aromatic carbocycles. The van der Waals surface area contributed by atoms with Crippen LogP contribution in [-0.2, 0) is 28.9 Å². The number of carbonyl (C=O) groups is 2. The molecule has 0 radical (unpaired) electrons. The highest BCUT2D eigenvalue weighted by atomic mass is 35.5. The minimum atomic E-state index is -0.737. The van der Waals surface area contributed by atoms with Gasteiger partial charge in [-0.1, -0.05) is 29.3 Å². The van der Waals surface area contributed by atoms with Crippen molar-refractivity contribution < 1.29 is 9.59 Å². The molecule has 3 atom stereocenters. The van der Waals surface area contributed by atoms with Crippen molar-refractivity contribution >= 4 is 59.8 Å². The number of H-pyrrole nitrogens is 1. The van der Waals surface area contributed by atoms with Crippen LogP contribution in [0.1, 0.15) is 36.1 Å². The van der Waals surface area contributed by atoms with Crippen molar-refractivity contribution in [2.24, 2.45) is 5.73 Å². The predicted octanol–water partition coefficient (Wildman–Crippen LogP) is 3.09. The maximum absolute atomic E-state index is 13.0. The zero-order valence-corrected chi connectivity index (χ0v) is 20.5. The number of likely N-dealkylation sites (tertiary alicyclic amines) is 1. The van der Waals surface area contributed by atoms with Crippen molar-refractivity contribution in [3.05, 3.63) is 51.3 Å². The summed E-state index contributed by atoms with van der Waals surface area (Å²) < 4.78 is 0. The lowest BCUT2D eigenvalue weighted by atomic mass is 9.93. The lowest BCUT2D eigenvalue weighted by Gasteiger charge is -2.29. The second-order valence-electron chi connectivity index (χ2n) is 8.07. The molecule has 2 amide bonds. The van der Waals surface area contributed by atoms with E-state index in [9.17, 15) is 9.59 Å². The Morgan fingerprint density at radius 1 is 1.25 bits per heavy atom. The summed E-state index contributed by atoms with van der Waals surface area (Å²) >= 11 is 12.0. The first kappa shape index (κ1) is 26.7. The number of hydrogen-bond acceptors (Lipinski definition) is 4. The van der Waals surface area contributed by atoms with Crippen LogP contribution in [-0.4, -0.2) is 51.6 Å². The monoisotopic (exact) mass is 521 g/mol. The highest BCUT2D eigenvalue weighted by Crippen LogP contribution is 2.25. The number of halogens is 4. The normalized spacial score (nSPS) is 20.5. The standard InChI is InChI=1S/C21H25Cl2N5O2.2ClH/c22-15-5-3-12(8-16(15)23)9-17(24)21(30)28-7-1-2-19(28)20(29)26-14-4-6-18-13(10-14)11-25-27-18;;/h3,5,8,11,14,17,19H,1-2,4,6-7,9-10,24H2,(H,25,27)(H,26,29);2*1H. The van der Waals surface area contributed by atoms with Crippen LogP contribution in [0, 0.1) is 0 Å². The molecule has 176 valence electrons. The smallest absolute Gasteiger partial charge is 0.243 e. The van der Waals surface area contributed by atoms with E-state index < -0.39 is 12.1 Å². The molecule has 4 rings (SSSR count). The summed E-state index contributed by atoms with van der Waals surface area (Å²) in [5.74, 6) is -0.306. The van der Waals surface area contributed by atoms with Gasteiger partial charge >= 0.3 is 0 Å². The Morgan fingerprint density at radius 3 is 2.78 bits per heavy atom. The molecule has 2 aliphatic rings. The number of nitrogens with one attached hydrogen (secondary N) is 2. The maximum Gasteiger partial charge on any atom is 0.243 e. The topological polar surface area (TPSA) is 104 Å². The number of aryl methyl sites for hydroxylation is 1. The van der Waals surface area contributed by atoms with Gasteiger partial charge < -0.3 is 16.0 Å². The third-order valence-corrected chi connectivity index (χ3v) is 6.70. The van der Waals surface area contributed by atoms with Gasteiger partial charge in [0.2, 0.25) is 11.8 Å². The molecular weight excluding hydrogens is 496 g/mol. The highest BCUT2D eigenvalue weighted by molar-refractivity contribution is 6.42. The minimum Gasteiger partial charge on any atom is -0.351 e. The number of nitrogens with two attached hydrogens (primary N) is 1. The van der Waals surface area contributed by atoms with E-state index in [2.05, 4.69) is 15.5 Å². The van der Waals surface area contributed by atoms with Crippen molar-refractivity contribution in [1.29, 1.82) is 0 Å². The zero-order chi connectivity index (χ0) is 21.3. The largest absolute Gasteiger partial charge is 0.351 e. The van der Waals surface area contributed by atoms with Gasteiger partial charge in [-0.05, 0) is 61.8 Å². The van der Waals surface area contributed by atoms with Crippen LogP contribution in [0.25, 0.3) is 0 Å². The maximum atomic E-state index is 13.0. The van der Waals surface area contributed by atoms with E-state index in [1.807, 2.05) is 12.3 Å². The lowest BCUT2D eigenvalue weighted by Crippen LogP contribution is -2.53. The highest BCUT2D eigenvalue weighted by Gasteiger charge is 2.37. The molecule has 1 aliphatic heterocycles. The molecular formula is C21H27Cl4N5O2. The van der Waals surface area contributed by atoms with E-state index >= 15 is 0 Å². The van der Waals surface area contributed by atoms with E-state index in [1.54, 1.807) is 17.0 Å². The van der Waals surface area contributed by atoms with E-state index in [4.69, 9.17) is 28.9 Å². The van der Waals surface area contributed by atoms with Crippen molar-refractivity contribution in [3.8, 4) is 0 Å². The first-order valence-electron chi connectivity index (χ1n) is 10.2. The number of aromatic amines is 1. The van der Waals surface area contributed by atoms with E-state index in [-0.39, 0.29) is 42.7 Å². The molecule has 32 heavy (non-hydrogen) atoms. The Labute approximate surface area is 209 Å². The van der Waals surface area contributed by atoms with Crippen LogP contribution in [0.5, 0.6) is 0 Å². The molecule has 0 saturated carbocycles. The fourth-order valence-corrected chi connectivity index (χ4v) is 4.68. The van der Waals surface area contributed by atoms with Crippen molar-refractivity contribution in [2.75, 3.05) is 6.54 Å². The Morgan fingerprint density at radius 2 is 2.03 bits per heavy atom. The second-order valence-corrected chi connectivity index (χ2v) is 8.89. The van der Waals surface area contributed by atoms with Gasteiger partial charge in [-0.3, -0.25) is 14.7 Å². The van der Waals surface area contributed by atoms with Crippen LogP contribution < -0.4 is 11.1 Å². The van der Waals surface area contributed by atoms with Gasteiger partial charge in [0.15, 0.2) is 0 Å². The first-order chi connectivity index (χ1) is 14.4. The van der Waals surface area contributed by atoms with Crippen LogP contribution in [0.3, 0.4) is 0 Å². The number of nitrogens with zero attached hydrogens (tertiary/aromatic N) is 2. The molecule has 1 fully saturated rings. The lowest BCUT2D eigenvalue weighted by molar-refractivity contribution is -0.139. The minimum absolute atomic E-state index is 0. The fraction of sp³-hybridized carbons (Fsp3) is 0.476. The van der Waals surface area contributed by atoms with Crippen LogP contribution in [0.2, 0.25) is 10.0 Å². The number of fused-ring (bicyclic) bond motifs is 1. The van der Waals surface area contributed by atoms with Crippen molar-refractivity contribution in [1.82, 2.24) is 20.4 Å². The number of benzene rings is 1. The van der Waals surface area contributed by atoms with E-state index in [0.29, 0.717) is 29.4 Å². The number of amides is 2. The molecule has 2 aromatic rings. The zero-order valence-electron chi connectivity index (χ0n) is 17.4. The molecule has 0 bridgehead atoms. The van der Waals surface area contributed by atoms with Gasteiger partial charge in [0.1, 0.15) is 6.04 Å². The summed E-state index contributed by atoms with van der Waals surface area (Å²) in [6.07, 6.45) is 6.09. The molecule has 2 heterocycles. The second kappa shape index (κ2) is 11.6. The number of aromatic nitrogens is 2. The van der Waals surface area contributed by atoms with Crippen LogP contribution in [0.15, 0.2) is 24.4 Å². The predicted molar refractivity (Wildman–Crippen MR) is 130 cm³/mol. The molecule has 3 unspecified atom stereocenters. The Hall–Kier alpha value is -1.51. The third-order valence-electron chi connectivity index (χ3n) is 5.96. The summed E-state index contributed by atoms with van der Waals surface area (Å²) in [6, 6.07) is 4.08. The molecule has 1 aromatic heterocycles. The van der Waals surface area contributed by atoms with Crippen molar-refractivity contribution in [3.63, 3.8) is 0 Å². The van der Waals surface area contributed by atoms with Gasteiger partial charge in [0, 0.05) is 18.3 Å². The van der Waals surface area contributed by atoms with E-state index in [1.165, 1.54) is 0 Å². The van der Waals surface area contributed by atoms with Crippen LogP contribution >= 0.6 is 48.0 Å². The molecule has 4 N–H and O–H groups in total. The van der Waals surface area contributed by atoms with Gasteiger partial charge in [0.05, 0.1) is 22.3 Å². The SMILES string of the molecule is Cl.Cl.NC(Cc1ccc(Cl)c(Cl)c1)C(=O)N1CCCC1C(=O)NC1CCc2[nH]ncc2C1. The molecule has 7 nitrogen and oxygen atoms in total. The molecule has 0 spiro atoms. The Kier molecular flexibility index (Phi) is 9.67. The van der Waals surface area contributed by atoms with Crippen LogP contribution in [0.4, 0.5) is 0 Å². The summed E-state index contributed by atoms with van der Waals surface area (Å²) in [5, 5.41) is 11.1. The first-order valence-corrected chi connectivity index (χ1v) is 11.0. The van der Waals surface area contributed by atoms with Gasteiger partial charge in [0.25, 0.3) is 0 Å². The molecule has 11 heteroatoms. The summed E-state index contributed by atoms with van der Waals surface area (Å²) in [7, 11) is 0. The Balaban J connectivity index is 0.00000181. The van der Waals surface area contributed by atoms with Crippen molar-refractivity contribution in [2.45, 2.75) is 56.7 Å².